The second kappa shape index (κ2) is 7.24. The number of rotatable bonds is 5. The van der Waals surface area contributed by atoms with Gasteiger partial charge in [0, 0.05) is 23.3 Å². The number of nitrogens with zero attached hydrogens (tertiary/aromatic N) is 3. The highest BCUT2D eigenvalue weighted by molar-refractivity contribution is 7.91. The first-order valence-electron chi connectivity index (χ1n) is 9.79. The Morgan fingerprint density at radius 3 is 2.71 bits per heavy atom. The van der Waals surface area contributed by atoms with E-state index in [4.69, 9.17) is 9.51 Å². The largest absolute Gasteiger partial charge is 0.356 e. The van der Waals surface area contributed by atoms with Crippen molar-refractivity contribution in [2.24, 2.45) is 0 Å². The van der Waals surface area contributed by atoms with E-state index in [-0.39, 0.29) is 5.75 Å². The lowest BCUT2D eigenvalue weighted by molar-refractivity contribution is 0.448. The fourth-order valence-electron chi connectivity index (χ4n) is 3.61. The Bertz CT molecular complexity index is 1530. The van der Waals surface area contributed by atoms with Crippen molar-refractivity contribution in [3.05, 3.63) is 83.8 Å². The lowest BCUT2D eigenvalue weighted by Gasteiger charge is -2.11. The number of nitrogens with one attached hydrogen (secondary N) is 1. The Kier molecular flexibility index (Phi) is 4.51. The summed E-state index contributed by atoms with van der Waals surface area (Å²) in [5.74, 6) is -0.277. The highest BCUT2D eigenvalue weighted by Gasteiger charge is 2.19. The van der Waals surface area contributed by atoms with Crippen LogP contribution in [0.5, 0.6) is 0 Å². The van der Waals surface area contributed by atoms with Gasteiger partial charge in [0.1, 0.15) is 17.1 Å². The van der Waals surface area contributed by atoms with Crippen molar-refractivity contribution in [1.29, 1.82) is 0 Å². The molecule has 8 heteroatoms. The van der Waals surface area contributed by atoms with Crippen molar-refractivity contribution < 1.29 is 12.9 Å². The molecule has 5 rings (SSSR count). The van der Waals surface area contributed by atoms with E-state index in [1.54, 1.807) is 12.1 Å². The lowest BCUT2D eigenvalue weighted by Crippen LogP contribution is -2.16. The molecule has 0 amide bonds. The number of imidazole rings is 1. The Morgan fingerprint density at radius 2 is 1.87 bits per heavy atom. The van der Waals surface area contributed by atoms with Gasteiger partial charge in [-0.1, -0.05) is 35.5 Å². The maximum absolute atomic E-state index is 12.9. The molecule has 0 bridgehead atoms. The minimum absolute atomic E-state index is 0.277. The molecule has 156 valence electrons. The number of sulfonamides is 1. The van der Waals surface area contributed by atoms with Crippen LogP contribution in [-0.2, 0) is 15.8 Å². The topological polar surface area (TPSA) is 89.5 Å². The Morgan fingerprint density at radius 1 is 1.03 bits per heavy atom. The summed E-state index contributed by atoms with van der Waals surface area (Å²) in [7, 11) is -3.70. The van der Waals surface area contributed by atoms with E-state index in [0.717, 1.165) is 28.0 Å². The zero-order valence-corrected chi connectivity index (χ0v) is 17.8. The standard InChI is InChI=1S/C23H20N4O3S/c1-15-9-10-17(20-13-27-11-5-6-16(2)23(27)24-20)12-19(15)26-31(28,29)14-21-18-7-3-4-8-22(18)30-25-21/h3-13,26H,14H2,1-2H3. The maximum Gasteiger partial charge on any atom is 0.238 e. The number of pyridine rings is 1. The van der Waals surface area contributed by atoms with Gasteiger partial charge in [-0.15, -0.1) is 0 Å². The van der Waals surface area contributed by atoms with Gasteiger partial charge in [-0.25, -0.2) is 13.4 Å². The molecule has 3 aromatic heterocycles. The summed E-state index contributed by atoms with van der Waals surface area (Å²) < 4.78 is 35.7. The van der Waals surface area contributed by atoms with Gasteiger partial charge in [0.2, 0.25) is 10.0 Å². The molecule has 2 aromatic carbocycles. The second-order valence-electron chi connectivity index (χ2n) is 7.56. The molecule has 0 unspecified atom stereocenters. The number of aryl methyl sites for hydroxylation is 2. The summed E-state index contributed by atoms with van der Waals surface area (Å²) in [6, 6.07) is 16.8. The van der Waals surface area contributed by atoms with Crippen LogP contribution in [0, 0.1) is 13.8 Å². The predicted octanol–water partition coefficient (Wildman–Crippen LogP) is 4.70. The van der Waals surface area contributed by atoms with Gasteiger partial charge in [0.05, 0.1) is 11.4 Å². The molecule has 0 aliphatic heterocycles. The minimum atomic E-state index is -3.70. The van der Waals surface area contributed by atoms with Gasteiger partial charge in [0.15, 0.2) is 5.58 Å². The Balaban J connectivity index is 1.46. The minimum Gasteiger partial charge on any atom is -0.356 e. The zero-order chi connectivity index (χ0) is 21.6. The summed E-state index contributed by atoms with van der Waals surface area (Å²) in [5, 5.41) is 4.63. The molecule has 3 heterocycles. The monoisotopic (exact) mass is 432 g/mol. The maximum atomic E-state index is 12.9. The van der Waals surface area contributed by atoms with Crippen LogP contribution in [0.25, 0.3) is 27.9 Å². The molecular formula is C23H20N4O3S. The molecule has 7 nitrogen and oxygen atoms in total. The van der Waals surface area contributed by atoms with E-state index in [1.165, 1.54) is 0 Å². The van der Waals surface area contributed by atoms with Crippen LogP contribution < -0.4 is 4.72 Å². The number of hydrogen-bond donors (Lipinski definition) is 1. The molecule has 1 N–H and O–H groups in total. The molecule has 0 saturated carbocycles. The van der Waals surface area contributed by atoms with Crippen LogP contribution in [0.15, 0.2) is 71.5 Å². The van der Waals surface area contributed by atoms with E-state index in [9.17, 15) is 8.42 Å². The van der Waals surface area contributed by atoms with Gasteiger partial charge in [0.25, 0.3) is 0 Å². The predicted molar refractivity (Wildman–Crippen MR) is 120 cm³/mol. The fourth-order valence-corrected chi connectivity index (χ4v) is 4.81. The van der Waals surface area contributed by atoms with E-state index in [2.05, 4.69) is 9.88 Å². The van der Waals surface area contributed by atoms with Gasteiger partial charge < -0.3 is 8.92 Å². The number of para-hydroxylation sites is 1. The van der Waals surface area contributed by atoms with Crippen molar-refractivity contribution in [2.75, 3.05) is 4.72 Å². The van der Waals surface area contributed by atoms with Crippen molar-refractivity contribution in [2.45, 2.75) is 19.6 Å². The molecular weight excluding hydrogens is 412 g/mol. The van der Waals surface area contributed by atoms with Gasteiger partial charge in [-0.2, -0.15) is 0 Å². The van der Waals surface area contributed by atoms with Crippen LogP contribution in [0.4, 0.5) is 5.69 Å². The van der Waals surface area contributed by atoms with Crippen LogP contribution >= 0.6 is 0 Å². The fraction of sp³-hybridized carbons (Fsp3) is 0.130. The summed E-state index contributed by atoms with van der Waals surface area (Å²) >= 11 is 0. The first-order valence-corrected chi connectivity index (χ1v) is 11.4. The van der Waals surface area contributed by atoms with E-state index >= 15 is 0 Å². The molecule has 0 aliphatic rings. The number of aromatic nitrogens is 3. The highest BCUT2D eigenvalue weighted by Crippen LogP contribution is 2.27. The molecule has 0 aliphatic carbocycles. The first kappa shape index (κ1) is 19.3. The third-order valence-corrected chi connectivity index (χ3v) is 6.44. The molecule has 0 saturated heterocycles. The summed E-state index contributed by atoms with van der Waals surface area (Å²) in [6.45, 7) is 3.87. The average molecular weight is 433 g/mol. The van der Waals surface area contributed by atoms with Crippen LogP contribution in [0.2, 0.25) is 0 Å². The first-order chi connectivity index (χ1) is 14.9. The Hall–Kier alpha value is -3.65. The SMILES string of the molecule is Cc1ccc(-c2cn3cccc(C)c3n2)cc1NS(=O)(=O)Cc1noc2ccccc12. The van der Waals surface area contributed by atoms with Gasteiger partial charge in [-0.3, -0.25) is 4.72 Å². The summed E-state index contributed by atoms with van der Waals surface area (Å²) in [5.41, 5.74) is 5.83. The second-order valence-corrected chi connectivity index (χ2v) is 9.29. The molecule has 0 fully saturated rings. The third kappa shape index (κ3) is 3.66. The van der Waals surface area contributed by atoms with Crippen molar-refractivity contribution in [3.63, 3.8) is 0 Å². The van der Waals surface area contributed by atoms with E-state index in [1.807, 2.05) is 73.1 Å². The van der Waals surface area contributed by atoms with Crippen LogP contribution in [0.1, 0.15) is 16.8 Å². The van der Waals surface area contributed by atoms with Crippen molar-refractivity contribution in [3.8, 4) is 11.3 Å². The number of fused-ring (bicyclic) bond motifs is 2. The smallest absolute Gasteiger partial charge is 0.238 e. The Labute approximate surface area is 179 Å². The number of benzene rings is 2. The van der Waals surface area contributed by atoms with E-state index < -0.39 is 10.0 Å². The average Bonchev–Trinajstić information content (AvgIpc) is 3.35. The number of anilines is 1. The molecule has 0 atom stereocenters. The summed E-state index contributed by atoms with van der Waals surface area (Å²) in [6.07, 6.45) is 3.88. The van der Waals surface area contributed by atoms with Crippen molar-refractivity contribution >= 4 is 32.3 Å². The van der Waals surface area contributed by atoms with Gasteiger partial charge in [-0.05, 0) is 49.2 Å². The molecule has 31 heavy (non-hydrogen) atoms. The molecule has 0 spiro atoms. The van der Waals surface area contributed by atoms with Crippen molar-refractivity contribution in [1.82, 2.24) is 14.5 Å². The quantitative estimate of drug-likeness (QED) is 0.435. The zero-order valence-electron chi connectivity index (χ0n) is 17.0. The van der Waals surface area contributed by atoms with Crippen LogP contribution in [0.3, 0.4) is 0 Å². The molecule has 5 aromatic rings. The normalized spacial score (nSPS) is 11.9. The third-order valence-electron chi connectivity index (χ3n) is 5.26. The van der Waals surface area contributed by atoms with Crippen LogP contribution in [-0.4, -0.2) is 23.0 Å². The van der Waals surface area contributed by atoms with Gasteiger partial charge >= 0.3 is 0 Å². The van der Waals surface area contributed by atoms with E-state index in [0.29, 0.717) is 22.4 Å². The number of hydrogen-bond acceptors (Lipinski definition) is 5. The highest BCUT2D eigenvalue weighted by atomic mass is 32.2. The lowest BCUT2D eigenvalue weighted by atomic mass is 10.1. The summed E-state index contributed by atoms with van der Waals surface area (Å²) in [4.78, 5) is 4.71. The molecule has 0 radical (unpaired) electrons.